The number of hydrogen-bond acceptors (Lipinski definition) is 3. The molecule has 0 bridgehead atoms. The first-order chi connectivity index (χ1) is 7.36. The van der Waals surface area contributed by atoms with Crippen molar-refractivity contribution in [2.24, 2.45) is 5.92 Å². The summed E-state index contributed by atoms with van der Waals surface area (Å²) in [4.78, 5) is 0. The lowest BCUT2D eigenvalue weighted by Crippen LogP contribution is -2.36. The third-order valence-electron chi connectivity index (χ3n) is 3.28. The minimum Gasteiger partial charge on any atom is -0.308 e. The van der Waals surface area contributed by atoms with Crippen molar-refractivity contribution in [3.63, 3.8) is 0 Å². The van der Waals surface area contributed by atoms with Crippen molar-refractivity contribution in [2.45, 2.75) is 45.2 Å². The summed E-state index contributed by atoms with van der Waals surface area (Å²) in [5.74, 6) is 0.801. The summed E-state index contributed by atoms with van der Waals surface area (Å²) in [6, 6.07) is 4.63. The van der Waals surface area contributed by atoms with Gasteiger partial charge in [0.2, 0.25) is 0 Å². The second-order valence-electron chi connectivity index (χ2n) is 4.46. The molecule has 1 aromatic heterocycles. The lowest BCUT2D eigenvalue weighted by atomic mass is 9.86. The zero-order valence-corrected chi connectivity index (χ0v) is 9.32. The van der Waals surface area contributed by atoms with E-state index in [2.05, 4.69) is 22.4 Å². The van der Waals surface area contributed by atoms with Gasteiger partial charge in [0.15, 0.2) is 0 Å². The number of nitrogens with zero attached hydrogens (tertiary/aromatic N) is 2. The Morgan fingerprint density at radius 1 is 1.40 bits per heavy atom. The Morgan fingerprint density at radius 3 is 3.00 bits per heavy atom. The number of rotatable bonds is 3. The Bertz CT molecular complexity index is 286. The van der Waals surface area contributed by atoms with Crippen LogP contribution in [0, 0.1) is 5.92 Å². The first-order valence-corrected chi connectivity index (χ1v) is 5.86. The predicted octanol–water partition coefficient (Wildman–Crippen LogP) is 2.14. The number of hydrogen-bond donors (Lipinski definition) is 1. The number of aromatic nitrogens is 2. The molecule has 3 nitrogen and oxygen atoms in total. The van der Waals surface area contributed by atoms with Gasteiger partial charge in [0, 0.05) is 18.8 Å². The third-order valence-corrected chi connectivity index (χ3v) is 3.28. The molecule has 15 heavy (non-hydrogen) atoms. The normalized spacial score (nSPS) is 26.5. The minimum atomic E-state index is 0.667. The molecule has 82 valence electrons. The van der Waals surface area contributed by atoms with E-state index in [9.17, 15) is 0 Å². The van der Waals surface area contributed by atoms with Gasteiger partial charge in [0.25, 0.3) is 0 Å². The monoisotopic (exact) mass is 205 g/mol. The van der Waals surface area contributed by atoms with Crippen molar-refractivity contribution in [3.05, 3.63) is 24.0 Å². The van der Waals surface area contributed by atoms with Crippen LogP contribution in [-0.4, -0.2) is 16.2 Å². The molecule has 1 N–H and O–H groups in total. The molecule has 1 fully saturated rings. The fraction of sp³-hybridized carbons (Fsp3) is 0.667. The van der Waals surface area contributed by atoms with Crippen LogP contribution in [0.3, 0.4) is 0 Å². The maximum atomic E-state index is 4.08. The molecular formula is C12H19N3. The third kappa shape index (κ3) is 2.99. The van der Waals surface area contributed by atoms with Crippen LogP contribution in [0.5, 0.6) is 0 Å². The number of nitrogens with one attached hydrogen (secondary N) is 1. The first kappa shape index (κ1) is 10.6. The van der Waals surface area contributed by atoms with E-state index in [0.717, 1.165) is 18.2 Å². The van der Waals surface area contributed by atoms with E-state index >= 15 is 0 Å². The van der Waals surface area contributed by atoms with Gasteiger partial charge in [-0.15, -0.1) is 0 Å². The van der Waals surface area contributed by atoms with Crippen LogP contribution in [0.2, 0.25) is 0 Å². The van der Waals surface area contributed by atoms with E-state index in [1.54, 1.807) is 6.20 Å². The highest BCUT2D eigenvalue weighted by Gasteiger charge is 2.20. The quantitative estimate of drug-likeness (QED) is 0.821. The SMILES string of the molecule is CC1CCCCC1NCc1cccnn1. The van der Waals surface area contributed by atoms with E-state index < -0.39 is 0 Å². The van der Waals surface area contributed by atoms with Gasteiger partial charge in [-0.1, -0.05) is 19.8 Å². The van der Waals surface area contributed by atoms with Gasteiger partial charge in [-0.05, 0) is 30.9 Å². The summed E-state index contributed by atoms with van der Waals surface area (Å²) in [5, 5.41) is 11.5. The molecule has 0 radical (unpaired) electrons. The highest BCUT2D eigenvalue weighted by molar-refractivity contribution is 4.99. The van der Waals surface area contributed by atoms with Crippen molar-refractivity contribution in [1.29, 1.82) is 0 Å². The van der Waals surface area contributed by atoms with E-state index in [4.69, 9.17) is 0 Å². The first-order valence-electron chi connectivity index (χ1n) is 5.86. The van der Waals surface area contributed by atoms with Crippen molar-refractivity contribution in [3.8, 4) is 0 Å². The topological polar surface area (TPSA) is 37.8 Å². The van der Waals surface area contributed by atoms with Crippen LogP contribution in [0.15, 0.2) is 18.3 Å². The van der Waals surface area contributed by atoms with E-state index in [1.807, 2.05) is 12.1 Å². The van der Waals surface area contributed by atoms with Crippen molar-refractivity contribution in [2.75, 3.05) is 0 Å². The summed E-state index contributed by atoms with van der Waals surface area (Å²) in [5.41, 5.74) is 1.04. The maximum Gasteiger partial charge on any atom is 0.0769 e. The van der Waals surface area contributed by atoms with E-state index in [1.165, 1.54) is 25.7 Å². The molecule has 0 aliphatic heterocycles. The molecule has 1 aromatic rings. The molecule has 2 rings (SSSR count). The Balaban J connectivity index is 1.82. The van der Waals surface area contributed by atoms with Gasteiger partial charge < -0.3 is 5.32 Å². The van der Waals surface area contributed by atoms with Crippen LogP contribution < -0.4 is 5.32 Å². The Hall–Kier alpha value is -0.960. The summed E-state index contributed by atoms with van der Waals surface area (Å²) in [6.07, 6.45) is 7.14. The van der Waals surface area contributed by atoms with Gasteiger partial charge in [-0.25, -0.2) is 0 Å². The van der Waals surface area contributed by atoms with Crippen molar-refractivity contribution < 1.29 is 0 Å². The molecule has 1 aliphatic rings. The highest BCUT2D eigenvalue weighted by atomic mass is 15.1. The maximum absolute atomic E-state index is 4.08. The zero-order valence-electron chi connectivity index (χ0n) is 9.32. The van der Waals surface area contributed by atoms with Crippen LogP contribution in [0.1, 0.15) is 38.3 Å². The smallest absolute Gasteiger partial charge is 0.0769 e. The van der Waals surface area contributed by atoms with E-state index in [0.29, 0.717) is 6.04 Å². The molecule has 2 unspecified atom stereocenters. The van der Waals surface area contributed by atoms with Crippen molar-refractivity contribution >= 4 is 0 Å². The predicted molar refractivity (Wildman–Crippen MR) is 60.3 cm³/mol. The molecule has 0 spiro atoms. The molecule has 3 heteroatoms. The standard InChI is InChI=1S/C12H19N3/c1-10-5-2-3-7-12(10)13-9-11-6-4-8-14-15-11/h4,6,8,10,12-13H,2-3,5,7,9H2,1H3. The average molecular weight is 205 g/mol. The largest absolute Gasteiger partial charge is 0.308 e. The molecule has 0 saturated heterocycles. The van der Waals surface area contributed by atoms with Gasteiger partial charge in [0.1, 0.15) is 0 Å². The molecule has 1 heterocycles. The highest BCUT2D eigenvalue weighted by Crippen LogP contribution is 2.23. The fourth-order valence-electron chi connectivity index (χ4n) is 2.28. The lowest BCUT2D eigenvalue weighted by molar-refractivity contribution is 0.278. The lowest BCUT2D eigenvalue weighted by Gasteiger charge is -2.29. The minimum absolute atomic E-state index is 0.667. The summed E-state index contributed by atoms with van der Waals surface area (Å²) in [6.45, 7) is 3.19. The average Bonchev–Trinajstić information content (AvgIpc) is 2.29. The second kappa shape index (κ2) is 5.21. The van der Waals surface area contributed by atoms with Gasteiger partial charge in [-0.2, -0.15) is 10.2 Å². The summed E-state index contributed by atoms with van der Waals surface area (Å²) < 4.78 is 0. The molecule has 0 aromatic carbocycles. The Kier molecular flexibility index (Phi) is 3.67. The molecular weight excluding hydrogens is 186 g/mol. The fourth-order valence-corrected chi connectivity index (χ4v) is 2.28. The second-order valence-corrected chi connectivity index (χ2v) is 4.46. The summed E-state index contributed by atoms with van der Waals surface area (Å²) >= 11 is 0. The van der Waals surface area contributed by atoms with Crippen molar-refractivity contribution in [1.82, 2.24) is 15.5 Å². The molecule has 1 saturated carbocycles. The zero-order chi connectivity index (χ0) is 10.5. The Labute approximate surface area is 91.3 Å². The molecule has 1 aliphatic carbocycles. The molecule has 2 atom stereocenters. The van der Waals surface area contributed by atoms with Crippen LogP contribution in [-0.2, 0) is 6.54 Å². The van der Waals surface area contributed by atoms with E-state index in [-0.39, 0.29) is 0 Å². The van der Waals surface area contributed by atoms with Crippen LogP contribution in [0.25, 0.3) is 0 Å². The van der Waals surface area contributed by atoms with Crippen LogP contribution >= 0.6 is 0 Å². The summed E-state index contributed by atoms with van der Waals surface area (Å²) in [7, 11) is 0. The van der Waals surface area contributed by atoms with Gasteiger partial charge in [0.05, 0.1) is 5.69 Å². The van der Waals surface area contributed by atoms with Gasteiger partial charge >= 0.3 is 0 Å². The van der Waals surface area contributed by atoms with Crippen LogP contribution in [0.4, 0.5) is 0 Å². The Morgan fingerprint density at radius 2 is 2.27 bits per heavy atom. The van der Waals surface area contributed by atoms with Gasteiger partial charge in [-0.3, -0.25) is 0 Å². The molecule has 0 amide bonds.